The lowest BCUT2D eigenvalue weighted by Crippen LogP contribution is -2.30. The summed E-state index contributed by atoms with van der Waals surface area (Å²) in [7, 11) is -1.67. The van der Waals surface area contributed by atoms with E-state index in [9.17, 15) is 8.42 Å². The quantitative estimate of drug-likeness (QED) is 0.907. The molecule has 0 aromatic carbocycles. The molecule has 0 amide bonds. The van der Waals surface area contributed by atoms with Gasteiger partial charge in [-0.25, -0.2) is 13.1 Å². The second-order valence-electron chi connectivity index (χ2n) is 5.31. The van der Waals surface area contributed by atoms with Crippen LogP contribution in [0, 0.1) is 0 Å². The predicted octanol–water partition coefficient (Wildman–Crippen LogP) is 1.76. The summed E-state index contributed by atoms with van der Waals surface area (Å²) in [4.78, 5) is 0.352. The average molecular weight is 271 g/mol. The maximum Gasteiger partial charge on any atom is 0.244 e. The van der Waals surface area contributed by atoms with Crippen LogP contribution in [-0.4, -0.2) is 24.2 Å². The Balaban J connectivity index is 2.38. The standard InChI is InChI=1S/C12H21N3O2S/c1-9(2)14-18(16,17)11-8-15(3)13-12(11)10-6-4-5-7-10/h8-10,14H,4-7H2,1-3H3. The van der Waals surface area contributed by atoms with Gasteiger partial charge in [-0.1, -0.05) is 12.8 Å². The fourth-order valence-corrected chi connectivity index (χ4v) is 4.07. The van der Waals surface area contributed by atoms with E-state index in [1.807, 2.05) is 13.8 Å². The molecule has 1 saturated carbocycles. The highest BCUT2D eigenvalue weighted by molar-refractivity contribution is 7.89. The van der Waals surface area contributed by atoms with E-state index >= 15 is 0 Å². The lowest BCUT2D eigenvalue weighted by molar-refractivity contribution is 0.565. The third-order valence-corrected chi connectivity index (χ3v) is 4.92. The molecule has 1 aliphatic carbocycles. The van der Waals surface area contributed by atoms with Crippen LogP contribution < -0.4 is 4.72 Å². The first-order chi connectivity index (χ1) is 8.40. The number of rotatable bonds is 4. The van der Waals surface area contributed by atoms with Gasteiger partial charge in [0.1, 0.15) is 4.90 Å². The highest BCUT2D eigenvalue weighted by atomic mass is 32.2. The van der Waals surface area contributed by atoms with Crippen LogP contribution in [0.25, 0.3) is 0 Å². The first-order valence-electron chi connectivity index (χ1n) is 6.46. The normalized spacial score (nSPS) is 17.8. The minimum Gasteiger partial charge on any atom is -0.274 e. The zero-order chi connectivity index (χ0) is 13.3. The fourth-order valence-electron chi connectivity index (χ4n) is 2.55. The van der Waals surface area contributed by atoms with Gasteiger partial charge in [-0.3, -0.25) is 4.68 Å². The van der Waals surface area contributed by atoms with Crippen LogP contribution in [0.1, 0.15) is 51.1 Å². The Morgan fingerprint density at radius 1 is 1.39 bits per heavy atom. The van der Waals surface area contributed by atoms with Crippen LogP contribution in [0.4, 0.5) is 0 Å². The number of hydrogen-bond acceptors (Lipinski definition) is 3. The number of sulfonamides is 1. The van der Waals surface area contributed by atoms with E-state index in [0.717, 1.165) is 18.5 Å². The average Bonchev–Trinajstić information content (AvgIpc) is 2.82. The fraction of sp³-hybridized carbons (Fsp3) is 0.750. The molecule has 1 heterocycles. The van der Waals surface area contributed by atoms with Gasteiger partial charge in [-0.05, 0) is 26.7 Å². The molecule has 0 aliphatic heterocycles. The summed E-state index contributed by atoms with van der Waals surface area (Å²) in [5.41, 5.74) is 0.739. The maximum atomic E-state index is 12.3. The van der Waals surface area contributed by atoms with Crippen LogP contribution >= 0.6 is 0 Å². The van der Waals surface area contributed by atoms with Gasteiger partial charge in [-0.2, -0.15) is 5.10 Å². The summed E-state index contributed by atoms with van der Waals surface area (Å²) in [6, 6.07) is -0.105. The zero-order valence-electron chi connectivity index (χ0n) is 11.2. The van der Waals surface area contributed by atoms with Crippen LogP contribution in [0.5, 0.6) is 0 Å². The van der Waals surface area contributed by atoms with Gasteiger partial charge in [0.15, 0.2) is 0 Å². The third kappa shape index (κ3) is 2.75. The summed E-state index contributed by atoms with van der Waals surface area (Å²) >= 11 is 0. The van der Waals surface area contributed by atoms with E-state index in [-0.39, 0.29) is 6.04 Å². The van der Waals surface area contributed by atoms with Crippen molar-refractivity contribution in [1.29, 1.82) is 0 Å². The van der Waals surface area contributed by atoms with Crippen molar-refractivity contribution >= 4 is 10.0 Å². The van der Waals surface area contributed by atoms with E-state index in [1.165, 1.54) is 12.8 Å². The Bertz CT molecular complexity index is 513. The van der Waals surface area contributed by atoms with Crippen molar-refractivity contribution in [3.05, 3.63) is 11.9 Å². The Hall–Kier alpha value is -0.880. The van der Waals surface area contributed by atoms with Crippen LogP contribution in [0.3, 0.4) is 0 Å². The molecule has 0 saturated heterocycles. The van der Waals surface area contributed by atoms with E-state index < -0.39 is 10.0 Å². The number of hydrogen-bond donors (Lipinski definition) is 1. The SMILES string of the molecule is CC(C)NS(=O)(=O)c1cn(C)nc1C1CCCC1. The van der Waals surface area contributed by atoms with Gasteiger partial charge in [0.05, 0.1) is 5.69 Å². The number of aryl methyl sites for hydroxylation is 1. The smallest absolute Gasteiger partial charge is 0.244 e. The molecule has 1 aliphatic rings. The molecule has 0 bridgehead atoms. The topological polar surface area (TPSA) is 64.0 Å². The minimum absolute atomic E-state index is 0.105. The molecule has 1 fully saturated rings. The van der Waals surface area contributed by atoms with Crippen molar-refractivity contribution in [3.63, 3.8) is 0 Å². The highest BCUT2D eigenvalue weighted by Crippen LogP contribution is 2.36. The summed E-state index contributed by atoms with van der Waals surface area (Å²) in [6.45, 7) is 3.65. The molecule has 2 rings (SSSR count). The molecular formula is C12H21N3O2S. The first kappa shape index (κ1) is 13.5. The van der Waals surface area contributed by atoms with E-state index in [1.54, 1.807) is 17.9 Å². The summed E-state index contributed by atoms with van der Waals surface area (Å²) in [5, 5.41) is 4.36. The van der Waals surface area contributed by atoms with Crippen molar-refractivity contribution in [1.82, 2.24) is 14.5 Å². The highest BCUT2D eigenvalue weighted by Gasteiger charge is 2.29. The van der Waals surface area contributed by atoms with E-state index in [4.69, 9.17) is 0 Å². The number of nitrogens with zero attached hydrogens (tertiary/aromatic N) is 2. The predicted molar refractivity (Wildman–Crippen MR) is 69.9 cm³/mol. The van der Waals surface area contributed by atoms with Crippen LogP contribution in [-0.2, 0) is 17.1 Å². The second kappa shape index (κ2) is 5.01. The van der Waals surface area contributed by atoms with Gasteiger partial charge in [-0.15, -0.1) is 0 Å². The third-order valence-electron chi connectivity index (χ3n) is 3.24. The van der Waals surface area contributed by atoms with Gasteiger partial charge >= 0.3 is 0 Å². The maximum absolute atomic E-state index is 12.3. The monoisotopic (exact) mass is 271 g/mol. The first-order valence-corrected chi connectivity index (χ1v) is 7.94. The lowest BCUT2D eigenvalue weighted by atomic mass is 10.1. The Kier molecular flexibility index (Phi) is 3.77. The zero-order valence-corrected chi connectivity index (χ0v) is 12.0. The molecule has 1 aromatic heterocycles. The Labute approximate surface area is 109 Å². The molecular weight excluding hydrogens is 250 g/mol. The second-order valence-corrected chi connectivity index (χ2v) is 6.99. The summed E-state index contributed by atoms with van der Waals surface area (Å²) in [5.74, 6) is 0.296. The largest absolute Gasteiger partial charge is 0.274 e. The van der Waals surface area contributed by atoms with Crippen LogP contribution in [0.2, 0.25) is 0 Å². The van der Waals surface area contributed by atoms with E-state index in [2.05, 4.69) is 9.82 Å². The van der Waals surface area contributed by atoms with Crippen molar-refractivity contribution in [2.45, 2.75) is 56.4 Å². The number of nitrogens with one attached hydrogen (secondary N) is 1. The van der Waals surface area contributed by atoms with Gasteiger partial charge in [0, 0.05) is 25.2 Å². The van der Waals surface area contributed by atoms with Crippen LogP contribution in [0.15, 0.2) is 11.1 Å². The van der Waals surface area contributed by atoms with Crippen molar-refractivity contribution in [2.24, 2.45) is 7.05 Å². The molecule has 1 N–H and O–H groups in total. The Morgan fingerprint density at radius 2 is 2.00 bits per heavy atom. The van der Waals surface area contributed by atoms with Crippen molar-refractivity contribution in [3.8, 4) is 0 Å². The lowest BCUT2D eigenvalue weighted by Gasteiger charge is -2.12. The molecule has 1 aromatic rings. The van der Waals surface area contributed by atoms with Gasteiger partial charge in [0.2, 0.25) is 10.0 Å². The molecule has 0 atom stereocenters. The molecule has 102 valence electrons. The van der Waals surface area contributed by atoms with Gasteiger partial charge < -0.3 is 0 Å². The summed E-state index contributed by atoms with van der Waals surface area (Å²) < 4.78 is 28.8. The molecule has 0 radical (unpaired) electrons. The molecule has 5 nitrogen and oxygen atoms in total. The van der Waals surface area contributed by atoms with E-state index in [0.29, 0.717) is 10.8 Å². The van der Waals surface area contributed by atoms with Crippen molar-refractivity contribution in [2.75, 3.05) is 0 Å². The van der Waals surface area contributed by atoms with Gasteiger partial charge in [0.25, 0.3) is 0 Å². The Morgan fingerprint density at radius 3 is 2.56 bits per heavy atom. The number of aromatic nitrogens is 2. The molecule has 0 unspecified atom stereocenters. The molecule has 0 spiro atoms. The minimum atomic E-state index is -3.44. The molecule has 6 heteroatoms. The summed E-state index contributed by atoms with van der Waals surface area (Å²) in [6.07, 6.45) is 6.03. The molecule has 18 heavy (non-hydrogen) atoms. The van der Waals surface area contributed by atoms with Crippen molar-refractivity contribution < 1.29 is 8.42 Å².